The first-order valence-electron chi connectivity index (χ1n) is 5.83. The Hall–Kier alpha value is -2.16. The van der Waals surface area contributed by atoms with Gasteiger partial charge in [0.25, 0.3) is 0 Å². The van der Waals surface area contributed by atoms with Crippen molar-refractivity contribution in [3.63, 3.8) is 0 Å². The van der Waals surface area contributed by atoms with Crippen LogP contribution in [0.25, 0.3) is 0 Å². The Labute approximate surface area is 107 Å². The van der Waals surface area contributed by atoms with E-state index in [0.717, 1.165) is 17.8 Å². The van der Waals surface area contributed by atoms with E-state index in [1.807, 2.05) is 37.4 Å². The molecule has 2 rings (SSSR count). The number of hydrogen-bond acceptors (Lipinski definition) is 3. The van der Waals surface area contributed by atoms with Crippen LogP contribution in [0.2, 0.25) is 0 Å². The second kappa shape index (κ2) is 5.45. The van der Waals surface area contributed by atoms with E-state index >= 15 is 0 Å². The number of rotatable bonds is 4. The molecule has 0 aromatic heterocycles. The van der Waals surface area contributed by atoms with E-state index in [1.54, 1.807) is 13.2 Å². The molecule has 0 heterocycles. The summed E-state index contributed by atoms with van der Waals surface area (Å²) in [5.41, 5.74) is 2.25. The standard InChI is InChI=1S/C15H17NO2/c1-16(13-6-4-3-5-7-13)11-12-8-9-14(17)15(10-12)18-2/h3-10,17H,11H2,1-2H3. The second-order valence-electron chi connectivity index (χ2n) is 4.20. The van der Waals surface area contributed by atoms with E-state index in [0.29, 0.717) is 5.75 Å². The Morgan fingerprint density at radius 3 is 2.50 bits per heavy atom. The summed E-state index contributed by atoms with van der Waals surface area (Å²) in [7, 11) is 3.59. The van der Waals surface area contributed by atoms with Crippen molar-refractivity contribution in [1.29, 1.82) is 0 Å². The summed E-state index contributed by atoms with van der Waals surface area (Å²) in [6.45, 7) is 0.765. The third kappa shape index (κ3) is 2.74. The number of methoxy groups -OCH3 is 1. The summed E-state index contributed by atoms with van der Waals surface area (Å²) >= 11 is 0. The third-order valence-corrected chi connectivity index (χ3v) is 2.86. The lowest BCUT2D eigenvalue weighted by atomic mass is 10.2. The van der Waals surface area contributed by atoms with Crippen LogP contribution >= 0.6 is 0 Å². The predicted octanol–water partition coefficient (Wildman–Crippen LogP) is 3.04. The van der Waals surface area contributed by atoms with Crippen LogP contribution in [0.4, 0.5) is 5.69 Å². The van der Waals surface area contributed by atoms with Gasteiger partial charge in [0.05, 0.1) is 7.11 Å². The Bertz CT molecular complexity index is 511. The summed E-state index contributed by atoms with van der Waals surface area (Å²) in [5.74, 6) is 0.678. The van der Waals surface area contributed by atoms with E-state index in [1.165, 1.54) is 0 Å². The molecule has 0 atom stereocenters. The quantitative estimate of drug-likeness (QED) is 0.896. The van der Waals surface area contributed by atoms with Gasteiger partial charge in [0.2, 0.25) is 0 Å². The summed E-state index contributed by atoms with van der Waals surface area (Å²) in [6, 6.07) is 15.6. The first kappa shape index (κ1) is 12.3. The zero-order chi connectivity index (χ0) is 13.0. The fourth-order valence-corrected chi connectivity index (χ4v) is 1.87. The Morgan fingerprint density at radius 2 is 1.83 bits per heavy atom. The van der Waals surface area contributed by atoms with Gasteiger partial charge in [-0.05, 0) is 29.8 Å². The summed E-state index contributed by atoms with van der Waals surface area (Å²) < 4.78 is 5.10. The minimum Gasteiger partial charge on any atom is -0.504 e. The van der Waals surface area contributed by atoms with Gasteiger partial charge in [-0.2, -0.15) is 0 Å². The largest absolute Gasteiger partial charge is 0.504 e. The lowest BCUT2D eigenvalue weighted by molar-refractivity contribution is 0.373. The van der Waals surface area contributed by atoms with Crippen LogP contribution < -0.4 is 9.64 Å². The fraction of sp³-hybridized carbons (Fsp3) is 0.200. The van der Waals surface area contributed by atoms with E-state index < -0.39 is 0 Å². The minimum absolute atomic E-state index is 0.170. The molecule has 0 saturated carbocycles. The molecule has 94 valence electrons. The van der Waals surface area contributed by atoms with Crippen molar-refractivity contribution in [1.82, 2.24) is 0 Å². The Kier molecular flexibility index (Phi) is 3.72. The smallest absolute Gasteiger partial charge is 0.160 e. The van der Waals surface area contributed by atoms with E-state index in [9.17, 15) is 5.11 Å². The molecule has 0 bridgehead atoms. The number of phenols is 1. The average molecular weight is 243 g/mol. The lowest BCUT2D eigenvalue weighted by Gasteiger charge is -2.19. The minimum atomic E-state index is 0.170. The van der Waals surface area contributed by atoms with Gasteiger partial charge in [-0.25, -0.2) is 0 Å². The highest BCUT2D eigenvalue weighted by atomic mass is 16.5. The van der Waals surface area contributed by atoms with Crippen molar-refractivity contribution in [2.24, 2.45) is 0 Å². The Balaban J connectivity index is 2.14. The van der Waals surface area contributed by atoms with Crippen molar-refractivity contribution >= 4 is 5.69 Å². The molecular formula is C15H17NO2. The second-order valence-corrected chi connectivity index (χ2v) is 4.20. The third-order valence-electron chi connectivity index (χ3n) is 2.86. The van der Waals surface area contributed by atoms with Crippen LogP contribution in [0, 0.1) is 0 Å². The zero-order valence-corrected chi connectivity index (χ0v) is 10.6. The van der Waals surface area contributed by atoms with Gasteiger partial charge in [0.15, 0.2) is 11.5 Å². The molecule has 0 aliphatic heterocycles. The van der Waals surface area contributed by atoms with Gasteiger partial charge in [0.1, 0.15) is 0 Å². The maximum absolute atomic E-state index is 9.55. The molecule has 2 aromatic rings. The molecule has 0 aliphatic rings. The number of phenolic OH excluding ortho intramolecular Hbond substituents is 1. The Morgan fingerprint density at radius 1 is 1.11 bits per heavy atom. The highest BCUT2D eigenvalue weighted by molar-refractivity contribution is 5.47. The molecule has 2 aromatic carbocycles. The molecular weight excluding hydrogens is 226 g/mol. The van der Waals surface area contributed by atoms with Crippen LogP contribution in [0.1, 0.15) is 5.56 Å². The maximum atomic E-state index is 9.55. The number of nitrogens with zero attached hydrogens (tertiary/aromatic N) is 1. The highest BCUT2D eigenvalue weighted by Gasteiger charge is 2.05. The SMILES string of the molecule is COc1cc(CN(C)c2ccccc2)ccc1O. The number of aromatic hydroxyl groups is 1. The van der Waals surface area contributed by atoms with Gasteiger partial charge in [0, 0.05) is 19.3 Å². The normalized spacial score (nSPS) is 10.1. The molecule has 0 radical (unpaired) electrons. The first-order chi connectivity index (χ1) is 8.70. The molecule has 0 amide bonds. The fourth-order valence-electron chi connectivity index (χ4n) is 1.87. The number of ether oxygens (including phenoxy) is 1. The van der Waals surface area contributed by atoms with Crippen LogP contribution in [0.5, 0.6) is 11.5 Å². The average Bonchev–Trinajstić information content (AvgIpc) is 2.42. The maximum Gasteiger partial charge on any atom is 0.160 e. The molecule has 0 aliphatic carbocycles. The summed E-state index contributed by atoms with van der Waals surface area (Å²) in [5, 5.41) is 9.55. The van der Waals surface area contributed by atoms with Gasteiger partial charge < -0.3 is 14.7 Å². The van der Waals surface area contributed by atoms with Crippen LogP contribution in [0.15, 0.2) is 48.5 Å². The number of hydrogen-bond donors (Lipinski definition) is 1. The van der Waals surface area contributed by atoms with Crippen molar-refractivity contribution in [3.8, 4) is 11.5 Å². The van der Waals surface area contributed by atoms with Crippen LogP contribution in [-0.4, -0.2) is 19.3 Å². The van der Waals surface area contributed by atoms with E-state index in [2.05, 4.69) is 17.0 Å². The first-order valence-corrected chi connectivity index (χ1v) is 5.83. The van der Waals surface area contributed by atoms with Gasteiger partial charge in [-0.3, -0.25) is 0 Å². The number of para-hydroxylation sites is 1. The molecule has 18 heavy (non-hydrogen) atoms. The molecule has 0 spiro atoms. The van der Waals surface area contributed by atoms with Gasteiger partial charge in [-0.1, -0.05) is 24.3 Å². The molecule has 0 fully saturated rings. The predicted molar refractivity (Wildman–Crippen MR) is 73.2 cm³/mol. The molecule has 3 nitrogen and oxygen atoms in total. The van der Waals surface area contributed by atoms with Crippen LogP contribution in [-0.2, 0) is 6.54 Å². The zero-order valence-electron chi connectivity index (χ0n) is 10.6. The number of benzene rings is 2. The van der Waals surface area contributed by atoms with E-state index in [4.69, 9.17) is 4.74 Å². The monoisotopic (exact) mass is 243 g/mol. The molecule has 3 heteroatoms. The van der Waals surface area contributed by atoms with Crippen molar-refractivity contribution in [2.75, 3.05) is 19.1 Å². The van der Waals surface area contributed by atoms with Crippen LogP contribution in [0.3, 0.4) is 0 Å². The van der Waals surface area contributed by atoms with Crippen molar-refractivity contribution in [2.45, 2.75) is 6.54 Å². The van der Waals surface area contributed by atoms with Gasteiger partial charge >= 0.3 is 0 Å². The topological polar surface area (TPSA) is 32.7 Å². The lowest BCUT2D eigenvalue weighted by Crippen LogP contribution is -2.16. The van der Waals surface area contributed by atoms with Gasteiger partial charge in [-0.15, -0.1) is 0 Å². The van der Waals surface area contributed by atoms with E-state index in [-0.39, 0.29) is 5.75 Å². The molecule has 0 saturated heterocycles. The molecule has 1 N–H and O–H groups in total. The number of anilines is 1. The summed E-state index contributed by atoms with van der Waals surface area (Å²) in [4.78, 5) is 2.14. The summed E-state index contributed by atoms with van der Waals surface area (Å²) in [6.07, 6.45) is 0. The van der Waals surface area contributed by atoms with Crippen molar-refractivity contribution < 1.29 is 9.84 Å². The van der Waals surface area contributed by atoms with Crippen molar-refractivity contribution in [3.05, 3.63) is 54.1 Å². The highest BCUT2D eigenvalue weighted by Crippen LogP contribution is 2.27. The molecule has 0 unspecified atom stereocenters.